The number of fused-ring (bicyclic) bond motifs is 1. The molecule has 1 heterocycles. The number of thioether (sulfide) groups is 1. The summed E-state index contributed by atoms with van der Waals surface area (Å²) in [5, 5.41) is 11.5. The largest absolute Gasteiger partial charge is 0.481 e. The van der Waals surface area contributed by atoms with Crippen LogP contribution in [0.3, 0.4) is 0 Å². The van der Waals surface area contributed by atoms with Crippen molar-refractivity contribution in [3.8, 4) is 0 Å². The van der Waals surface area contributed by atoms with Gasteiger partial charge in [-0.15, -0.1) is 0 Å². The Bertz CT molecular complexity index is 1570. The summed E-state index contributed by atoms with van der Waals surface area (Å²) in [6.45, 7) is 6.82. The Labute approximate surface area is 253 Å². The molecule has 0 saturated heterocycles. The standard InChI is InChI=1S/C36H38ClNO2S/c1-35(2,3)31-10-5-4-8-26(31)14-18-33(41-24-36(19-20-36)23-34(39)40)28-9-6-7-25(21-28)11-16-30-17-13-27-12-15-29(37)22-32(27)38-30/h4-13,15-17,21-22,33H,14,18-20,23-24H2,1-3H3,(H,39,40)/b16-11+/t33-/m1/s1. The first-order valence-corrected chi connectivity index (χ1v) is 15.8. The molecule has 1 aliphatic carbocycles. The number of benzene rings is 3. The molecule has 0 amide bonds. The van der Waals surface area contributed by atoms with E-state index in [-0.39, 0.29) is 22.5 Å². The monoisotopic (exact) mass is 583 g/mol. The summed E-state index contributed by atoms with van der Waals surface area (Å²) in [6, 6.07) is 27.4. The maximum absolute atomic E-state index is 11.5. The van der Waals surface area contributed by atoms with Crippen LogP contribution in [-0.2, 0) is 16.6 Å². The Kier molecular flexibility index (Phi) is 8.91. The van der Waals surface area contributed by atoms with Gasteiger partial charge in [0.05, 0.1) is 17.6 Å². The molecule has 5 rings (SSSR count). The average Bonchev–Trinajstić information content (AvgIpc) is 3.70. The third-order valence-corrected chi connectivity index (χ3v) is 9.90. The van der Waals surface area contributed by atoms with Gasteiger partial charge in [-0.05, 0) is 83.0 Å². The number of rotatable bonds is 11. The normalized spacial score (nSPS) is 15.3. The number of carboxylic acid groups (broad SMARTS) is 1. The van der Waals surface area contributed by atoms with Gasteiger partial charge in [0.15, 0.2) is 0 Å². The van der Waals surface area contributed by atoms with E-state index in [9.17, 15) is 9.90 Å². The molecule has 0 spiro atoms. The molecule has 0 unspecified atom stereocenters. The van der Waals surface area contributed by atoms with Crippen molar-refractivity contribution in [3.05, 3.63) is 112 Å². The van der Waals surface area contributed by atoms with Crippen LogP contribution in [0.4, 0.5) is 0 Å². The summed E-state index contributed by atoms with van der Waals surface area (Å²) < 4.78 is 0. The Balaban J connectivity index is 1.37. The molecule has 1 atom stereocenters. The number of carboxylic acids is 1. The number of carbonyl (C=O) groups is 1. The molecular formula is C36H38ClNO2S. The van der Waals surface area contributed by atoms with Gasteiger partial charge in [-0.25, -0.2) is 4.98 Å². The molecular weight excluding hydrogens is 546 g/mol. The number of aromatic nitrogens is 1. The number of aryl methyl sites for hydroxylation is 1. The second kappa shape index (κ2) is 12.4. The predicted molar refractivity (Wildman–Crippen MR) is 175 cm³/mol. The molecule has 1 aromatic heterocycles. The van der Waals surface area contributed by atoms with Gasteiger partial charge in [0.25, 0.3) is 0 Å². The lowest BCUT2D eigenvalue weighted by Crippen LogP contribution is -2.15. The molecule has 1 fully saturated rings. The summed E-state index contributed by atoms with van der Waals surface area (Å²) in [5.41, 5.74) is 7.03. The van der Waals surface area contributed by atoms with E-state index in [1.165, 1.54) is 16.7 Å². The molecule has 4 aromatic rings. The Morgan fingerprint density at radius 2 is 1.80 bits per heavy atom. The van der Waals surface area contributed by atoms with E-state index in [2.05, 4.69) is 81.4 Å². The van der Waals surface area contributed by atoms with Gasteiger partial charge in [-0.1, -0.05) is 99.1 Å². The van der Waals surface area contributed by atoms with Crippen LogP contribution in [0, 0.1) is 5.41 Å². The van der Waals surface area contributed by atoms with Gasteiger partial charge in [0.2, 0.25) is 0 Å². The molecule has 0 radical (unpaired) electrons. The second-order valence-corrected chi connectivity index (χ2v) is 14.0. The minimum Gasteiger partial charge on any atom is -0.481 e. The predicted octanol–water partition coefficient (Wildman–Crippen LogP) is 10.0. The van der Waals surface area contributed by atoms with Gasteiger partial charge in [-0.2, -0.15) is 11.8 Å². The van der Waals surface area contributed by atoms with Crippen molar-refractivity contribution in [2.75, 3.05) is 5.75 Å². The molecule has 5 heteroatoms. The summed E-state index contributed by atoms with van der Waals surface area (Å²) >= 11 is 8.11. The maximum Gasteiger partial charge on any atom is 0.303 e. The fourth-order valence-electron chi connectivity index (χ4n) is 5.49. The molecule has 0 bridgehead atoms. The topological polar surface area (TPSA) is 50.2 Å². The van der Waals surface area contributed by atoms with E-state index in [1.807, 2.05) is 42.1 Å². The zero-order valence-electron chi connectivity index (χ0n) is 24.1. The van der Waals surface area contributed by atoms with E-state index < -0.39 is 5.97 Å². The third kappa shape index (κ3) is 7.81. The van der Waals surface area contributed by atoms with Crippen molar-refractivity contribution in [3.63, 3.8) is 0 Å². The minimum absolute atomic E-state index is 0.0414. The van der Waals surface area contributed by atoms with Crippen LogP contribution >= 0.6 is 23.4 Å². The number of hydrogen-bond donors (Lipinski definition) is 1. The fourth-order valence-corrected chi connectivity index (χ4v) is 7.23. The molecule has 3 nitrogen and oxygen atoms in total. The van der Waals surface area contributed by atoms with Crippen molar-refractivity contribution in [1.29, 1.82) is 0 Å². The molecule has 212 valence electrons. The van der Waals surface area contributed by atoms with Crippen LogP contribution in [0.15, 0.2) is 78.9 Å². The first-order chi connectivity index (χ1) is 19.6. The SMILES string of the molecule is CC(C)(C)c1ccccc1CC[C@@H](SCC1(CC(=O)O)CC1)c1cccc(/C=C/c2ccc3ccc(Cl)cc3n2)c1. The highest BCUT2D eigenvalue weighted by Gasteiger charge is 2.44. The number of hydrogen-bond acceptors (Lipinski definition) is 3. The Morgan fingerprint density at radius 1 is 1.02 bits per heavy atom. The quantitative estimate of drug-likeness (QED) is 0.191. The van der Waals surface area contributed by atoms with Gasteiger partial charge in [0.1, 0.15) is 0 Å². The van der Waals surface area contributed by atoms with E-state index in [4.69, 9.17) is 16.6 Å². The molecule has 1 N–H and O–H groups in total. The molecule has 1 aliphatic rings. The van der Waals surface area contributed by atoms with Crippen molar-refractivity contribution in [2.45, 2.75) is 63.5 Å². The van der Waals surface area contributed by atoms with E-state index in [1.54, 1.807) is 0 Å². The Hall–Kier alpha value is -3.08. The third-order valence-electron chi connectivity index (χ3n) is 7.98. The van der Waals surface area contributed by atoms with Gasteiger partial charge < -0.3 is 5.11 Å². The van der Waals surface area contributed by atoms with Crippen LogP contribution in [0.5, 0.6) is 0 Å². The van der Waals surface area contributed by atoms with Crippen molar-refractivity contribution >= 4 is 52.4 Å². The first-order valence-electron chi connectivity index (χ1n) is 14.4. The maximum atomic E-state index is 11.5. The summed E-state index contributed by atoms with van der Waals surface area (Å²) in [6.07, 6.45) is 8.45. The number of aliphatic carboxylic acids is 1. The lowest BCUT2D eigenvalue weighted by molar-refractivity contribution is -0.138. The lowest BCUT2D eigenvalue weighted by atomic mass is 9.82. The van der Waals surface area contributed by atoms with Crippen molar-refractivity contribution in [1.82, 2.24) is 4.98 Å². The van der Waals surface area contributed by atoms with Crippen LogP contribution < -0.4 is 0 Å². The highest BCUT2D eigenvalue weighted by molar-refractivity contribution is 7.99. The smallest absolute Gasteiger partial charge is 0.303 e. The highest BCUT2D eigenvalue weighted by Crippen LogP contribution is 2.53. The van der Waals surface area contributed by atoms with Gasteiger partial charge >= 0.3 is 5.97 Å². The molecule has 0 aliphatic heterocycles. The van der Waals surface area contributed by atoms with E-state index in [0.29, 0.717) is 5.02 Å². The van der Waals surface area contributed by atoms with Crippen LogP contribution in [0.25, 0.3) is 23.1 Å². The number of nitrogens with zero attached hydrogens (tertiary/aromatic N) is 1. The van der Waals surface area contributed by atoms with Crippen LogP contribution in [0.2, 0.25) is 5.02 Å². The highest BCUT2D eigenvalue weighted by atomic mass is 35.5. The van der Waals surface area contributed by atoms with Crippen LogP contribution in [-0.4, -0.2) is 21.8 Å². The van der Waals surface area contributed by atoms with E-state index >= 15 is 0 Å². The minimum atomic E-state index is -0.685. The number of pyridine rings is 1. The van der Waals surface area contributed by atoms with Gasteiger partial charge in [-0.3, -0.25) is 4.79 Å². The number of halogens is 1. The fraction of sp³-hybridized carbons (Fsp3) is 0.333. The van der Waals surface area contributed by atoms with Crippen molar-refractivity contribution < 1.29 is 9.90 Å². The van der Waals surface area contributed by atoms with E-state index in [0.717, 1.165) is 53.6 Å². The lowest BCUT2D eigenvalue weighted by Gasteiger charge is -2.25. The summed E-state index contributed by atoms with van der Waals surface area (Å²) in [5.74, 6) is 0.199. The summed E-state index contributed by atoms with van der Waals surface area (Å²) in [4.78, 5) is 16.3. The second-order valence-electron chi connectivity index (χ2n) is 12.4. The average molecular weight is 584 g/mol. The molecule has 3 aromatic carbocycles. The Morgan fingerprint density at radius 3 is 2.56 bits per heavy atom. The van der Waals surface area contributed by atoms with Crippen LogP contribution in [0.1, 0.15) is 79.7 Å². The van der Waals surface area contributed by atoms with Crippen molar-refractivity contribution in [2.24, 2.45) is 5.41 Å². The van der Waals surface area contributed by atoms with Gasteiger partial charge in [0, 0.05) is 21.4 Å². The zero-order chi connectivity index (χ0) is 29.0. The molecule has 1 saturated carbocycles. The zero-order valence-corrected chi connectivity index (χ0v) is 25.6. The summed E-state index contributed by atoms with van der Waals surface area (Å²) in [7, 11) is 0. The first kappa shape index (κ1) is 29.4. The molecule has 41 heavy (non-hydrogen) atoms.